The molecule has 0 spiro atoms. The van der Waals surface area contributed by atoms with Gasteiger partial charge >= 0.3 is 6.18 Å². The van der Waals surface area contributed by atoms with Crippen molar-refractivity contribution in [1.29, 1.82) is 0 Å². The second-order valence-corrected chi connectivity index (χ2v) is 11.1. The quantitative estimate of drug-likeness (QED) is 0.581. The van der Waals surface area contributed by atoms with E-state index >= 15 is 0 Å². The van der Waals surface area contributed by atoms with Gasteiger partial charge in [0.05, 0.1) is 5.25 Å². The molecule has 32 heavy (non-hydrogen) atoms. The van der Waals surface area contributed by atoms with Crippen molar-refractivity contribution in [3.05, 3.63) is 11.8 Å². The Bertz CT molecular complexity index is 878. The number of alkyl halides is 3. The Morgan fingerprint density at radius 2 is 1.69 bits per heavy atom. The average Bonchev–Trinajstić information content (AvgIpc) is 3.27. The molecule has 1 atom stereocenters. The fourth-order valence-corrected chi connectivity index (χ4v) is 6.69. The van der Waals surface area contributed by atoms with Crippen molar-refractivity contribution in [1.82, 2.24) is 19.6 Å². The van der Waals surface area contributed by atoms with Crippen LogP contribution in [0.15, 0.2) is 6.20 Å². The molecule has 8 nitrogen and oxygen atoms in total. The lowest BCUT2D eigenvalue weighted by molar-refractivity contribution is -0.137. The van der Waals surface area contributed by atoms with Gasteiger partial charge in [0.25, 0.3) is 0 Å². The lowest BCUT2D eigenvalue weighted by atomic mass is 10.1. The summed E-state index contributed by atoms with van der Waals surface area (Å²) in [5.74, 6) is -0.0528. The normalized spacial score (nSPS) is 24.5. The topological polar surface area (TPSA) is 99.3 Å². The number of aromatic nitrogens is 2. The molecular formula is C20H31F3N6O2S. The maximum absolute atomic E-state index is 13.4. The molecule has 3 N–H and O–H groups in total. The van der Waals surface area contributed by atoms with Gasteiger partial charge in [-0.05, 0) is 45.1 Å². The highest BCUT2D eigenvalue weighted by Gasteiger charge is 2.37. The molecule has 180 valence electrons. The summed E-state index contributed by atoms with van der Waals surface area (Å²) >= 11 is 0. The van der Waals surface area contributed by atoms with E-state index in [-0.39, 0.29) is 29.1 Å². The van der Waals surface area contributed by atoms with Crippen LogP contribution in [0.4, 0.5) is 24.9 Å². The number of rotatable bonds is 6. The molecule has 0 bridgehead atoms. The number of nitrogens with zero attached hydrogens (tertiary/aromatic N) is 3. The van der Waals surface area contributed by atoms with E-state index in [1.807, 2.05) is 0 Å². The fraction of sp³-hybridized carbons (Fsp3) is 0.800. The monoisotopic (exact) mass is 476 g/mol. The smallest absolute Gasteiger partial charge is 0.367 e. The van der Waals surface area contributed by atoms with Crippen molar-refractivity contribution in [2.75, 3.05) is 36.8 Å². The number of piperidine rings is 2. The van der Waals surface area contributed by atoms with Gasteiger partial charge in [0.15, 0.2) is 0 Å². The van der Waals surface area contributed by atoms with Gasteiger partial charge in [-0.1, -0.05) is 12.8 Å². The van der Waals surface area contributed by atoms with Crippen LogP contribution in [0.5, 0.6) is 0 Å². The molecule has 3 aliphatic rings. The van der Waals surface area contributed by atoms with E-state index in [0.717, 1.165) is 44.8 Å². The van der Waals surface area contributed by atoms with Crippen LogP contribution < -0.4 is 16.0 Å². The van der Waals surface area contributed by atoms with Crippen LogP contribution in [0.2, 0.25) is 0 Å². The minimum Gasteiger partial charge on any atom is -0.367 e. The number of anilines is 2. The molecule has 0 radical (unpaired) electrons. The van der Waals surface area contributed by atoms with Crippen LogP contribution in [0.3, 0.4) is 0 Å². The third-order valence-electron chi connectivity index (χ3n) is 6.61. The van der Waals surface area contributed by atoms with Gasteiger partial charge in [-0.2, -0.15) is 18.2 Å². The number of sulfonamides is 1. The van der Waals surface area contributed by atoms with Gasteiger partial charge in [-0.3, -0.25) is 0 Å². The van der Waals surface area contributed by atoms with Crippen molar-refractivity contribution in [2.45, 2.75) is 74.9 Å². The summed E-state index contributed by atoms with van der Waals surface area (Å²) in [5.41, 5.74) is -0.864. The van der Waals surface area contributed by atoms with E-state index in [2.05, 4.69) is 25.9 Å². The summed E-state index contributed by atoms with van der Waals surface area (Å²) < 4.78 is 67.5. The van der Waals surface area contributed by atoms with E-state index in [1.165, 1.54) is 0 Å². The van der Waals surface area contributed by atoms with E-state index < -0.39 is 21.8 Å². The van der Waals surface area contributed by atoms with Crippen molar-refractivity contribution in [3.8, 4) is 0 Å². The van der Waals surface area contributed by atoms with Crippen LogP contribution in [0, 0.1) is 0 Å². The van der Waals surface area contributed by atoms with Crippen LogP contribution >= 0.6 is 0 Å². The van der Waals surface area contributed by atoms with Crippen molar-refractivity contribution < 1.29 is 21.6 Å². The van der Waals surface area contributed by atoms with E-state index in [4.69, 9.17) is 0 Å². The standard InChI is InChI=1S/C20H31F3N6O2S/c21-20(22,23)17-13-25-19(28-18(17)26-14-4-1-2-5-14)27-15-7-10-29(11-8-15)32(30,31)16-6-3-9-24-12-16/h13-16,24H,1-12H2,(H2,25,26,27,28)/t16-/m1/s1. The maximum Gasteiger partial charge on any atom is 0.421 e. The van der Waals surface area contributed by atoms with Gasteiger partial charge in [-0.25, -0.2) is 17.7 Å². The lowest BCUT2D eigenvalue weighted by Gasteiger charge is -2.35. The summed E-state index contributed by atoms with van der Waals surface area (Å²) in [4.78, 5) is 8.04. The minimum atomic E-state index is -4.53. The van der Waals surface area contributed by atoms with E-state index in [0.29, 0.717) is 38.9 Å². The molecule has 0 unspecified atom stereocenters. The summed E-state index contributed by atoms with van der Waals surface area (Å²) in [6.07, 6.45) is 2.55. The Balaban J connectivity index is 1.39. The zero-order chi connectivity index (χ0) is 22.8. The Labute approximate surface area is 186 Å². The van der Waals surface area contributed by atoms with E-state index in [1.54, 1.807) is 4.31 Å². The molecular weight excluding hydrogens is 445 g/mol. The van der Waals surface area contributed by atoms with Gasteiger partial charge in [0.1, 0.15) is 11.4 Å². The van der Waals surface area contributed by atoms with Crippen LogP contribution in [0.25, 0.3) is 0 Å². The Morgan fingerprint density at radius 3 is 2.31 bits per heavy atom. The molecule has 1 saturated carbocycles. The first-order chi connectivity index (χ1) is 15.2. The summed E-state index contributed by atoms with van der Waals surface area (Å²) in [6.45, 7) is 2.09. The number of halogens is 3. The maximum atomic E-state index is 13.4. The van der Waals surface area contributed by atoms with Gasteiger partial charge in [-0.15, -0.1) is 0 Å². The van der Waals surface area contributed by atoms with Crippen molar-refractivity contribution in [3.63, 3.8) is 0 Å². The molecule has 1 aromatic rings. The van der Waals surface area contributed by atoms with Gasteiger partial charge in [0, 0.05) is 37.9 Å². The molecule has 3 heterocycles. The first-order valence-electron chi connectivity index (χ1n) is 11.4. The second-order valence-electron chi connectivity index (χ2n) is 8.91. The third kappa shape index (κ3) is 5.45. The summed E-state index contributed by atoms with van der Waals surface area (Å²) in [5, 5.41) is 8.83. The lowest BCUT2D eigenvalue weighted by Crippen LogP contribution is -2.50. The van der Waals surface area contributed by atoms with Crippen LogP contribution in [0.1, 0.15) is 56.9 Å². The predicted molar refractivity (Wildman–Crippen MR) is 116 cm³/mol. The Hall–Kier alpha value is -1.66. The SMILES string of the molecule is O=S(=O)([C@@H]1CCCNC1)N1CCC(Nc2ncc(C(F)(F)F)c(NC3CCCC3)n2)CC1. The predicted octanol–water partition coefficient (Wildman–Crippen LogP) is 2.81. The van der Waals surface area contributed by atoms with Gasteiger partial charge in [0.2, 0.25) is 16.0 Å². The second kappa shape index (κ2) is 9.68. The molecule has 0 amide bonds. The first kappa shape index (κ1) is 23.5. The third-order valence-corrected chi connectivity index (χ3v) is 8.94. The molecule has 2 aliphatic heterocycles. The summed E-state index contributed by atoms with van der Waals surface area (Å²) in [6, 6.07) is -0.108. The van der Waals surface area contributed by atoms with Crippen LogP contribution in [-0.4, -0.2) is 66.2 Å². The number of hydrogen-bond acceptors (Lipinski definition) is 7. The highest BCUT2D eigenvalue weighted by atomic mass is 32.2. The number of nitrogens with one attached hydrogen (secondary N) is 3. The van der Waals surface area contributed by atoms with Crippen molar-refractivity contribution in [2.24, 2.45) is 0 Å². The zero-order valence-corrected chi connectivity index (χ0v) is 18.8. The Kier molecular flexibility index (Phi) is 7.11. The van der Waals surface area contributed by atoms with E-state index in [9.17, 15) is 21.6 Å². The highest BCUT2D eigenvalue weighted by molar-refractivity contribution is 7.89. The van der Waals surface area contributed by atoms with Crippen LogP contribution in [-0.2, 0) is 16.2 Å². The Morgan fingerprint density at radius 1 is 1.00 bits per heavy atom. The minimum absolute atomic E-state index is 0.0124. The molecule has 0 aromatic carbocycles. The summed E-state index contributed by atoms with van der Waals surface area (Å²) in [7, 11) is -3.35. The number of hydrogen-bond donors (Lipinski definition) is 3. The molecule has 2 saturated heterocycles. The molecule has 1 aromatic heterocycles. The van der Waals surface area contributed by atoms with Crippen molar-refractivity contribution >= 4 is 21.8 Å². The fourth-order valence-electron chi connectivity index (χ4n) is 4.75. The molecule has 4 rings (SSSR count). The molecule has 12 heteroatoms. The molecule has 1 aliphatic carbocycles. The zero-order valence-electron chi connectivity index (χ0n) is 18.0. The first-order valence-corrected chi connectivity index (χ1v) is 12.9. The average molecular weight is 477 g/mol. The van der Waals surface area contributed by atoms with Gasteiger partial charge < -0.3 is 16.0 Å². The largest absolute Gasteiger partial charge is 0.421 e. The molecule has 3 fully saturated rings. The highest BCUT2D eigenvalue weighted by Crippen LogP contribution is 2.35.